The summed E-state index contributed by atoms with van der Waals surface area (Å²) < 4.78 is 11.8. The van der Waals surface area contributed by atoms with E-state index in [9.17, 15) is 14.7 Å². The van der Waals surface area contributed by atoms with Gasteiger partial charge in [0, 0.05) is 16.3 Å². The zero-order valence-electron chi connectivity index (χ0n) is 24.8. The van der Waals surface area contributed by atoms with Crippen LogP contribution in [0, 0.1) is 6.92 Å². The summed E-state index contributed by atoms with van der Waals surface area (Å²) in [5.41, 5.74) is 4.03. The second-order valence-corrected chi connectivity index (χ2v) is 13.1. The second-order valence-electron chi connectivity index (χ2n) is 10.5. The molecular weight excluding hydrogens is 642 g/mol. The number of thioether (sulfide) groups is 1. The summed E-state index contributed by atoms with van der Waals surface area (Å²) in [5, 5.41) is 21.0. The molecule has 5 aromatic rings. The Labute approximate surface area is 279 Å². The minimum Gasteiger partial charge on any atom is -0.507 e. The monoisotopic (exact) mass is 669 g/mol. The Morgan fingerprint density at radius 2 is 1.70 bits per heavy atom. The number of amides is 1. The maximum Gasteiger partial charge on any atom is 0.301 e. The fourth-order valence-corrected chi connectivity index (χ4v) is 7.23. The molecule has 8 nitrogen and oxygen atoms in total. The van der Waals surface area contributed by atoms with E-state index in [0.29, 0.717) is 44.3 Å². The van der Waals surface area contributed by atoms with Crippen molar-refractivity contribution in [1.29, 1.82) is 0 Å². The summed E-state index contributed by atoms with van der Waals surface area (Å²) in [6.07, 6.45) is 0. The number of ether oxygens (including phenoxy) is 2. The van der Waals surface area contributed by atoms with E-state index >= 15 is 0 Å². The number of hydrogen-bond donors (Lipinski definition) is 1. The fraction of sp³-hybridized carbons (Fsp3) is 0.143. The van der Waals surface area contributed by atoms with E-state index in [1.165, 1.54) is 28.0 Å². The van der Waals surface area contributed by atoms with E-state index in [-0.39, 0.29) is 16.5 Å². The fourth-order valence-electron chi connectivity index (χ4n) is 5.08. The predicted molar refractivity (Wildman–Crippen MR) is 181 cm³/mol. The van der Waals surface area contributed by atoms with E-state index in [0.717, 1.165) is 16.7 Å². The molecule has 1 aromatic heterocycles. The molecule has 1 saturated heterocycles. The molecule has 1 N–H and O–H groups in total. The van der Waals surface area contributed by atoms with Crippen molar-refractivity contribution in [2.75, 3.05) is 12.0 Å². The van der Waals surface area contributed by atoms with E-state index in [4.69, 9.17) is 21.1 Å². The first kappa shape index (κ1) is 31.3. The molecule has 2 heterocycles. The molecule has 1 unspecified atom stereocenters. The van der Waals surface area contributed by atoms with Gasteiger partial charge in [0.2, 0.25) is 5.13 Å². The summed E-state index contributed by atoms with van der Waals surface area (Å²) in [6, 6.07) is 28.4. The van der Waals surface area contributed by atoms with Gasteiger partial charge in [0.05, 0.1) is 18.7 Å². The number of aryl methyl sites for hydroxylation is 1. The number of carbonyl (C=O) groups is 2. The lowest BCUT2D eigenvalue weighted by atomic mass is 9.95. The number of hydrogen-bond acceptors (Lipinski definition) is 9. The summed E-state index contributed by atoms with van der Waals surface area (Å²) in [7, 11) is 1.55. The normalized spacial score (nSPS) is 15.7. The lowest BCUT2D eigenvalue weighted by Crippen LogP contribution is -2.29. The molecule has 4 aromatic carbocycles. The van der Waals surface area contributed by atoms with Crippen molar-refractivity contribution in [3.8, 4) is 11.5 Å². The quantitative estimate of drug-likeness (QED) is 0.0525. The molecule has 1 fully saturated rings. The van der Waals surface area contributed by atoms with Crippen molar-refractivity contribution in [2.45, 2.75) is 29.7 Å². The maximum absolute atomic E-state index is 13.6. The molecule has 0 aliphatic carbocycles. The highest BCUT2D eigenvalue weighted by atomic mass is 35.5. The van der Waals surface area contributed by atoms with Crippen LogP contribution in [0.5, 0.6) is 11.5 Å². The van der Waals surface area contributed by atoms with E-state index < -0.39 is 17.7 Å². The molecule has 0 saturated carbocycles. The Hall–Kier alpha value is -4.64. The molecule has 0 bridgehead atoms. The van der Waals surface area contributed by atoms with Crippen LogP contribution >= 0.6 is 34.7 Å². The first-order valence-corrected chi connectivity index (χ1v) is 16.4. The Kier molecular flexibility index (Phi) is 9.39. The highest BCUT2D eigenvalue weighted by Crippen LogP contribution is 2.44. The number of rotatable bonds is 10. The number of methoxy groups -OCH3 is 1. The van der Waals surface area contributed by atoms with E-state index in [1.54, 1.807) is 55.6 Å². The van der Waals surface area contributed by atoms with Crippen LogP contribution in [0.4, 0.5) is 5.13 Å². The number of carbonyl (C=O) groups excluding carboxylic acids is 2. The van der Waals surface area contributed by atoms with Gasteiger partial charge in [-0.1, -0.05) is 94.9 Å². The number of halogens is 1. The Balaban J connectivity index is 1.30. The molecule has 1 aliphatic heterocycles. The van der Waals surface area contributed by atoms with Gasteiger partial charge in [0.1, 0.15) is 23.9 Å². The van der Waals surface area contributed by atoms with Gasteiger partial charge in [-0.3, -0.25) is 14.5 Å². The summed E-state index contributed by atoms with van der Waals surface area (Å²) >= 11 is 8.93. The lowest BCUT2D eigenvalue weighted by Gasteiger charge is -2.22. The zero-order chi connectivity index (χ0) is 32.2. The molecule has 1 aliphatic rings. The van der Waals surface area contributed by atoms with Crippen molar-refractivity contribution >= 4 is 57.3 Å². The van der Waals surface area contributed by atoms with Crippen LogP contribution in [0.25, 0.3) is 5.76 Å². The minimum atomic E-state index is -0.947. The number of anilines is 1. The zero-order valence-corrected chi connectivity index (χ0v) is 27.2. The van der Waals surface area contributed by atoms with Crippen LogP contribution in [-0.4, -0.2) is 34.1 Å². The van der Waals surface area contributed by atoms with Crippen molar-refractivity contribution in [3.05, 3.63) is 135 Å². The molecule has 1 atom stereocenters. The Bertz CT molecular complexity index is 1930. The molecule has 11 heteroatoms. The number of benzene rings is 4. The number of Topliss-reactive ketones (excluding diaryl/α,β-unsaturated/α-hetero) is 1. The average molecular weight is 670 g/mol. The Morgan fingerprint density at radius 1 is 0.957 bits per heavy atom. The summed E-state index contributed by atoms with van der Waals surface area (Å²) in [4.78, 5) is 28.5. The Morgan fingerprint density at radius 3 is 2.41 bits per heavy atom. The van der Waals surface area contributed by atoms with Crippen LogP contribution < -0.4 is 14.4 Å². The van der Waals surface area contributed by atoms with E-state index in [1.807, 2.05) is 49.4 Å². The molecule has 232 valence electrons. The second kappa shape index (κ2) is 13.8. The van der Waals surface area contributed by atoms with Gasteiger partial charge >= 0.3 is 5.91 Å². The van der Waals surface area contributed by atoms with Gasteiger partial charge in [-0.15, -0.1) is 10.2 Å². The lowest BCUT2D eigenvalue weighted by molar-refractivity contribution is -0.132. The number of aliphatic hydroxyl groups is 1. The van der Waals surface area contributed by atoms with Gasteiger partial charge in [0.15, 0.2) is 4.34 Å². The van der Waals surface area contributed by atoms with Gasteiger partial charge in [-0.05, 0) is 66.1 Å². The van der Waals surface area contributed by atoms with Crippen LogP contribution in [0.2, 0.25) is 5.02 Å². The summed E-state index contributed by atoms with van der Waals surface area (Å²) in [5.74, 6) is -0.167. The minimum absolute atomic E-state index is 0.0518. The van der Waals surface area contributed by atoms with Gasteiger partial charge in [-0.25, -0.2) is 0 Å². The van der Waals surface area contributed by atoms with Gasteiger partial charge < -0.3 is 14.6 Å². The standard InChI is InChI=1S/C35H28ClN3O5S2/c1-21-6-5-7-22(18-21)19-44-27-16-12-24(13-17-27)31(40)29-30(23-10-14-26(43-2)15-11-23)39(33(42)32(29)41)34-37-38-35(46-34)45-20-25-8-3-4-9-28(25)36/h3-18,30,40H,19-20H2,1-2H3/b31-29+. The average Bonchev–Trinajstić information content (AvgIpc) is 3.65. The van der Waals surface area contributed by atoms with Crippen molar-refractivity contribution in [1.82, 2.24) is 10.2 Å². The summed E-state index contributed by atoms with van der Waals surface area (Å²) in [6.45, 7) is 2.41. The largest absolute Gasteiger partial charge is 0.507 e. The molecular formula is C35H28ClN3O5S2. The van der Waals surface area contributed by atoms with Crippen molar-refractivity contribution < 1.29 is 24.2 Å². The third-order valence-corrected chi connectivity index (χ3v) is 9.88. The van der Waals surface area contributed by atoms with Crippen molar-refractivity contribution in [2.24, 2.45) is 0 Å². The molecule has 46 heavy (non-hydrogen) atoms. The highest BCUT2D eigenvalue weighted by molar-refractivity contribution is 8.00. The first-order chi connectivity index (χ1) is 22.3. The van der Waals surface area contributed by atoms with Crippen molar-refractivity contribution in [3.63, 3.8) is 0 Å². The smallest absolute Gasteiger partial charge is 0.301 e. The predicted octanol–water partition coefficient (Wildman–Crippen LogP) is 8.01. The van der Waals surface area contributed by atoms with Gasteiger partial charge in [-0.2, -0.15) is 0 Å². The number of aliphatic hydroxyl groups excluding tert-OH is 1. The van der Waals surface area contributed by atoms with Crippen LogP contribution in [0.3, 0.4) is 0 Å². The van der Waals surface area contributed by atoms with Crippen LogP contribution in [-0.2, 0) is 21.9 Å². The number of aromatic nitrogens is 2. The third kappa shape index (κ3) is 6.64. The SMILES string of the molecule is COc1ccc(C2/C(=C(\O)c3ccc(OCc4cccc(C)c4)cc3)C(=O)C(=O)N2c2nnc(SCc3ccccc3Cl)s2)cc1. The number of ketones is 1. The van der Waals surface area contributed by atoms with Gasteiger partial charge in [0.25, 0.3) is 5.78 Å². The molecule has 0 spiro atoms. The number of nitrogens with zero attached hydrogens (tertiary/aromatic N) is 3. The third-order valence-electron chi connectivity index (χ3n) is 7.40. The molecule has 0 radical (unpaired) electrons. The maximum atomic E-state index is 13.6. The highest BCUT2D eigenvalue weighted by Gasteiger charge is 2.48. The molecule has 1 amide bonds. The van der Waals surface area contributed by atoms with Crippen LogP contribution in [0.15, 0.2) is 107 Å². The topological polar surface area (TPSA) is 102 Å². The molecule has 6 rings (SSSR count). The van der Waals surface area contributed by atoms with Crippen LogP contribution in [0.1, 0.15) is 33.9 Å². The first-order valence-electron chi connectivity index (χ1n) is 14.3. The van der Waals surface area contributed by atoms with E-state index in [2.05, 4.69) is 16.3 Å².